The zero-order valence-electron chi connectivity index (χ0n) is 11.1. The molecule has 0 saturated carbocycles. The molecule has 20 heavy (non-hydrogen) atoms. The maximum absolute atomic E-state index is 13.3. The summed E-state index contributed by atoms with van der Waals surface area (Å²) >= 11 is 3.17. The van der Waals surface area contributed by atoms with E-state index in [1.54, 1.807) is 12.1 Å². The van der Waals surface area contributed by atoms with Gasteiger partial charge in [-0.05, 0) is 59.9 Å². The average Bonchev–Trinajstić information content (AvgIpc) is 3.10. The van der Waals surface area contributed by atoms with Gasteiger partial charge in [-0.1, -0.05) is 12.1 Å². The second-order valence-electron chi connectivity index (χ2n) is 5.02. The molecule has 1 saturated heterocycles. The van der Waals surface area contributed by atoms with Crippen LogP contribution in [0.25, 0.3) is 11.4 Å². The van der Waals surface area contributed by atoms with Gasteiger partial charge >= 0.3 is 0 Å². The second kappa shape index (κ2) is 5.26. The minimum atomic E-state index is -0.306. The molecule has 0 bridgehead atoms. The van der Waals surface area contributed by atoms with Gasteiger partial charge in [0.2, 0.25) is 11.7 Å². The van der Waals surface area contributed by atoms with Crippen molar-refractivity contribution in [1.29, 1.82) is 0 Å². The molecular weight excluding hydrogens is 325 g/mol. The Morgan fingerprint density at radius 1 is 1.50 bits per heavy atom. The first kappa shape index (κ1) is 13.7. The molecule has 4 nitrogen and oxygen atoms in total. The molecule has 1 fully saturated rings. The summed E-state index contributed by atoms with van der Waals surface area (Å²) in [6.07, 6.45) is 3.01. The fourth-order valence-electron chi connectivity index (χ4n) is 2.61. The van der Waals surface area contributed by atoms with Crippen LogP contribution >= 0.6 is 15.9 Å². The minimum absolute atomic E-state index is 0.206. The summed E-state index contributed by atoms with van der Waals surface area (Å²) in [6, 6.07) is 4.69. The molecule has 1 aromatic heterocycles. The maximum Gasteiger partial charge on any atom is 0.247 e. The van der Waals surface area contributed by atoms with Crippen molar-refractivity contribution < 1.29 is 8.91 Å². The standard InChI is InChI=1S/C14H15BrFN3O/c1-2-14(6-3-7-17-14)13-18-12(19-20-13)9-4-5-11(16)10(15)8-9/h4-5,8,17H,2-3,6-7H2,1H3. The fraction of sp³-hybridized carbons (Fsp3) is 0.429. The largest absolute Gasteiger partial charge is 0.337 e. The predicted octanol–water partition coefficient (Wildman–Crippen LogP) is 3.63. The van der Waals surface area contributed by atoms with Gasteiger partial charge in [0, 0.05) is 5.56 Å². The molecule has 2 aromatic rings. The van der Waals surface area contributed by atoms with Crippen LogP contribution in [0, 0.1) is 5.82 Å². The first-order valence-corrected chi connectivity index (χ1v) is 7.48. The van der Waals surface area contributed by atoms with Crippen molar-refractivity contribution in [3.05, 3.63) is 34.4 Å². The van der Waals surface area contributed by atoms with Crippen LogP contribution in [0.3, 0.4) is 0 Å². The molecule has 1 aliphatic rings. The number of nitrogens with one attached hydrogen (secondary N) is 1. The molecular formula is C14H15BrFN3O. The highest BCUT2D eigenvalue weighted by molar-refractivity contribution is 9.10. The predicted molar refractivity (Wildman–Crippen MR) is 76.6 cm³/mol. The first-order chi connectivity index (χ1) is 9.64. The number of rotatable bonds is 3. The molecule has 1 atom stereocenters. The molecule has 6 heteroatoms. The van der Waals surface area contributed by atoms with E-state index in [9.17, 15) is 4.39 Å². The third-order valence-corrected chi connectivity index (χ3v) is 4.47. The Morgan fingerprint density at radius 2 is 2.35 bits per heavy atom. The Labute approximate surface area is 124 Å². The van der Waals surface area contributed by atoms with Crippen molar-refractivity contribution in [2.45, 2.75) is 31.7 Å². The summed E-state index contributed by atoms with van der Waals surface area (Å²) in [6.45, 7) is 3.07. The van der Waals surface area contributed by atoms with Crippen LogP contribution in [0.1, 0.15) is 32.1 Å². The van der Waals surface area contributed by atoms with Crippen molar-refractivity contribution in [2.75, 3.05) is 6.54 Å². The average molecular weight is 340 g/mol. The van der Waals surface area contributed by atoms with Crippen molar-refractivity contribution in [2.24, 2.45) is 0 Å². The van der Waals surface area contributed by atoms with Crippen LogP contribution in [0.15, 0.2) is 27.2 Å². The smallest absolute Gasteiger partial charge is 0.247 e. The van der Waals surface area contributed by atoms with E-state index in [-0.39, 0.29) is 11.4 Å². The maximum atomic E-state index is 13.3. The lowest BCUT2D eigenvalue weighted by molar-refractivity contribution is 0.250. The molecule has 1 N–H and O–H groups in total. The molecule has 2 heterocycles. The molecule has 3 rings (SSSR count). The van der Waals surface area contributed by atoms with E-state index in [4.69, 9.17) is 4.52 Å². The lowest BCUT2D eigenvalue weighted by atomic mass is 9.94. The van der Waals surface area contributed by atoms with Crippen molar-refractivity contribution in [3.8, 4) is 11.4 Å². The van der Waals surface area contributed by atoms with Gasteiger partial charge in [0.15, 0.2) is 0 Å². The van der Waals surface area contributed by atoms with E-state index in [0.29, 0.717) is 16.2 Å². The Kier molecular flexibility index (Phi) is 3.60. The molecule has 1 aliphatic heterocycles. The third-order valence-electron chi connectivity index (χ3n) is 3.86. The summed E-state index contributed by atoms with van der Waals surface area (Å²) in [5.74, 6) is 0.801. The van der Waals surface area contributed by atoms with E-state index < -0.39 is 0 Å². The van der Waals surface area contributed by atoms with Crippen molar-refractivity contribution in [1.82, 2.24) is 15.5 Å². The molecule has 0 amide bonds. The number of halogens is 2. The topological polar surface area (TPSA) is 51.0 Å². The van der Waals surface area contributed by atoms with Crippen LogP contribution in [0.2, 0.25) is 0 Å². The Balaban J connectivity index is 1.95. The van der Waals surface area contributed by atoms with E-state index in [2.05, 4.69) is 38.3 Å². The Hall–Kier alpha value is -1.27. The lowest BCUT2D eigenvalue weighted by Gasteiger charge is -2.22. The highest BCUT2D eigenvalue weighted by atomic mass is 79.9. The molecule has 0 aliphatic carbocycles. The van der Waals surface area contributed by atoms with Gasteiger partial charge in [0.1, 0.15) is 5.82 Å². The first-order valence-electron chi connectivity index (χ1n) is 6.69. The van der Waals surface area contributed by atoms with E-state index in [1.807, 2.05) is 0 Å². The van der Waals surface area contributed by atoms with Crippen molar-refractivity contribution in [3.63, 3.8) is 0 Å². The zero-order valence-corrected chi connectivity index (χ0v) is 12.7. The van der Waals surface area contributed by atoms with Crippen LogP contribution in [0.5, 0.6) is 0 Å². The van der Waals surface area contributed by atoms with E-state index in [0.717, 1.165) is 31.4 Å². The number of nitrogens with zero attached hydrogens (tertiary/aromatic N) is 2. The van der Waals surface area contributed by atoms with Gasteiger partial charge in [-0.25, -0.2) is 4.39 Å². The molecule has 106 valence electrons. The lowest BCUT2D eigenvalue weighted by Crippen LogP contribution is -2.36. The quantitative estimate of drug-likeness (QED) is 0.927. The third kappa shape index (κ3) is 2.27. The van der Waals surface area contributed by atoms with Gasteiger partial charge in [-0.15, -0.1) is 0 Å². The second-order valence-corrected chi connectivity index (χ2v) is 5.87. The number of aromatic nitrogens is 2. The summed E-state index contributed by atoms with van der Waals surface area (Å²) in [7, 11) is 0. The zero-order chi connectivity index (χ0) is 14.2. The van der Waals surface area contributed by atoms with Gasteiger partial charge in [0.05, 0.1) is 10.0 Å². The van der Waals surface area contributed by atoms with E-state index >= 15 is 0 Å². The number of hydrogen-bond acceptors (Lipinski definition) is 4. The van der Waals surface area contributed by atoms with Crippen LogP contribution in [-0.4, -0.2) is 16.7 Å². The fourth-order valence-corrected chi connectivity index (χ4v) is 2.99. The highest BCUT2D eigenvalue weighted by Crippen LogP contribution is 2.34. The Morgan fingerprint density at radius 3 is 3.00 bits per heavy atom. The molecule has 0 spiro atoms. The molecule has 0 radical (unpaired) electrons. The summed E-state index contributed by atoms with van der Waals surface area (Å²) in [4.78, 5) is 4.49. The molecule has 1 unspecified atom stereocenters. The van der Waals surface area contributed by atoms with Gasteiger partial charge in [-0.2, -0.15) is 4.98 Å². The normalized spacial score (nSPS) is 22.4. The summed E-state index contributed by atoms with van der Waals surface area (Å²) in [5.41, 5.74) is 0.528. The number of benzene rings is 1. The van der Waals surface area contributed by atoms with Crippen molar-refractivity contribution >= 4 is 15.9 Å². The van der Waals surface area contributed by atoms with Gasteiger partial charge in [0.25, 0.3) is 0 Å². The van der Waals surface area contributed by atoms with E-state index in [1.165, 1.54) is 6.07 Å². The Bertz CT molecular complexity index is 623. The molecule has 1 aromatic carbocycles. The van der Waals surface area contributed by atoms with Crippen LogP contribution < -0.4 is 5.32 Å². The SMILES string of the molecule is CCC1(c2nc(-c3ccc(F)c(Br)c3)no2)CCCN1. The van der Waals surface area contributed by atoms with Gasteiger partial charge < -0.3 is 9.84 Å². The van der Waals surface area contributed by atoms with Crippen LogP contribution in [-0.2, 0) is 5.54 Å². The monoisotopic (exact) mass is 339 g/mol. The highest BCUT2D eigenvalue weighted by Gasteiger charge is 2.38. The minimum Gasteiger partial charge on any atom is -0.337 e. The summed E-state index contributed by atoms with van der Waals surface area (Å²) < 4.78 is 19.1. The number of hydrogen-bond donors (Lipinski definition) is 1. The summed E-state index contributed by atoms with van der Waals surface area (Å²) in [5, 5.41) is 7.48. The van der Waals surface area contributed by atoms with Gasteiger partial charge in [-0.3, -0.25) is 0 Å². The van der Waals surface area contributed by atoms with Crippen LogP contribution in [0.4, 0.5) is 4.39 Å².